The van der Waals surface area contributed by atoms with Crippen LogP contribution in [-0.2, 0) is 46.5 Å². The highest BCUT2D eigenvalue weighted by molar-refractivity contribution is 7.85. The van der Waals surface area contributed by atoms with E-state index in [1.165, 1.54) is 23.8 Å². The van der Waals surface area contributed by atoms with E-state index in [1.807, 2.05) is 41.5 Å². The molecule has 0 saturated heterocycles. The summed E-state index contributed by atoms with van der Waals surface area (Å²) in [4.78, 5) is 53.3. The number of unbranched alkanes of at least 4 members (excludes halogenated alkanes) is 2. The highest BCUT2D eigenvalue weighted by atomic mass is 32.2. The Labute approximate surface area is 400 Å². The van der Waals surface area contributed by atoms with Crippen LogP contribution in [0.3, 0.4) is 0 Å². The summed E-state index contributed by atoms with van der Waals surface area (Å²) >= 11 is 0. The Balaban J connectivity index is 1.06. The summed E-state index contributed by atoms with van der Waals surface area (Å²) in [7, 11) is -4.45. The lowest BCUT2D eigenvalue weighted by molar-refractivity contribution is -0.438. The molecule has 7 rings (SSSR count). The van der Waals surface area contributed by atoms with Crippen LogP contribution in [0.15, 0.2) is 77.4 Å². The van der Waals surface area contributed by atoms with Gasteiger partial charge in [0.25, 0.3) is 27.8 Å². The van der Waals surface area contributed by atoms with Crippen LogP contribution in [0, 0.1) is 27.7 Å². The van der Waals surface area contributed by atoms with Gasteiger partial charge < -0.3 is 25.4 Å². The number of imide groups is 1. The summed E-state index contributed by atoms with van der Waals surface area (Å²) in [5.74, 6) is -0.127. The van der Waals surface area contributed by atoms with Crippen molar-refractivity contribution in [3.05, 3.63) is 111 Å². The number of rotatable bonds is 17. The van der Waals surface area contributed by atoms with Crippen LogP contribution >= 0.6 is 0 Å². The molecule has 3 aromatic carbocycles. The van der Waals surface area contributed by atoms with E-state index in [9.17, 15) is 37.3 Å². The standard InChI is InChI=1S/C53H65N5O9S/c1-33-18-20-41-39(31-33)51(5,6)43(57(41)29-14-26-55-50(63)53(9)25-24-38-36(4)48(62)34(2)35(3)49(38)67-53)15-13-16-44-52(7,8)40-32-37(68(64,65)66)19-21-42(40)56(44)28-12-10-11-17-45(59)54-27-30-58-46(60)22-23-47(58)61/h13,15-16,18-23,31-32H,10-12,14,17,24-30H2,1-9H3,(H3-,54,55,59,62,63,64,65,66)/p+1. The second-order valence-electron chi connectivity index (χ2n) is 19.8. The number of aromatic hydroxyl groups is 1. The molecule has 68 heavy (non-hydrogen) atoms. The second kappa shape index (κ2) is 19.1. The first kappa shape index (κ1) is 49.8. The first-order valence-corrected chi connectivity index (χ1v) is 25.0. The fraction of sp³-hybridized carbons (Fsp3) is 0.453. The molecule has 0 radical (unpaired) electrons. The van der Waals surface area contributed by atoms with Crippen molar-refractivity contribution in [2.75, 3.05) is 37.6 Å². The van der Waals surface area contributed by atoms with Crippen LogP contribution in [0.5, 0.6) is 11.5 Å². The molecule has 4 heterocycles. The largest absolute Gasteiger partial charge is 0.507 e. The van der Waals surface area contributed by atoms with Crippen molar-refractivity contribution in [3.63, 3.8) is 0 Å². The maximum absolute atomic E-state index is 13.8. The number of amides is 4. The monoisotopic (exact) mass is 948 g/mol. The van der Waals surface area contributed by atoms with Crippen LogP contribution in [-0.4, -0.2) is 95.2 Å². The number of phenolic OH excluding ortho intramolecular Hbond substituents is 1. The Bertz CT molecular complexity index is 2800. The van der Waals surface area contributed by atoms with Gasteiger partial charge in [0, 0.05) is 97.7 Å². The number of ether oxygens (including phenoxy) is 1. The molecule has 0 bridgehead atoms. The summed E-state index contributed by atoms with van der Waals surface area (Å²) in [5.41, 5.74) is 8.44. The molecule has 0 fully saturated rings. The predicted molar refractivity (Wildman–Crippen MR) is 262 cm³/mol. The van der Waals surface area contributed by atoms with Crippen molar-refractivity contribution >= 4 is 50.8 Å². The van der Waals surface area contributed by atoms with E-state index in [0.29, 0.717) is 57.5 Å². The van der Waals surface area contributed by atoms with E-state index in [0.717, 1.165) is 73.9 Å². The molecule has 0 saturated carbocycles. The SMILES string of the molecule is Cc1ccc2c(c1)C(C)(C)C(=CC=CC1=[N+](CCCCCC(=O)NCCN3C(=O)C=CC3=O)c3ccc(S(=O)(=O)O)cc3C1(C)C)N2CCCNC(=O)C1(C)CCc2c(C)c(O)c(C)c(C)c2O1. The van der Waals surface area contributed by atoms with E-state index >= 15 is 0 Å². The first-order chi connectivity index (χ1) is 32.0. The van der Waals surface area contributed by atoms with E-state index in [1.54, 1.807) is 12.1 Å². The number of aryl methyl sites for hydroxylation is 1. The molecule has 4 amide bonds. The van der Waals surface area contributed by atoms with Gasteiger partial charge in [-0.1, -0.05) is 37.6 Å². The minimum absolute atomic E-state index is 0.116. The van der Waals surface area contributed by atoms with Gasteiger partial charge in [-0.3, -0.25) is 28.6 Å². The Morgan fingerprint density at radius 3 is 2.25 bits per heavy atom. The van der Waals surface area contributed by atoms with Gasteiger partial charge in [-0.2, -0.15) is 13.0 Å². The molecule has 0 aromatic heterocycles. The number of phenols is 1. The number of allylic oxidation sites excluding steroid dienone is 4. The summed E-state index contributed by atoms with van der Waals surface area (Å²) < 4.78 is 43.2. The molecule has 1 unspecified atom stereocenters. The van der Waals surface area contributed by atoms with Gasteiger partial charge in [-0.25, -0.2) is 0 Å². The molecule has 0 aliphatic carbocycles. The van der Waals surface area contributed by atoms with Gasteiger partial charge in [0.05, 0.1) is 10.3 Å². The molecule has 4 N–H and O–H groups in total. The molecule has 14 nitrogen and oxygen atoms in total. The molecular formula is C53H66N5O9S+. The smallest absolute Gasteiger partial charge is 0.294 e. The zero-order valence-corrected chi connectivity index (χ0v) is 41.7. The number of carbonyl (C=O) groups excluding carboxylic acids is 4. The van der Waals surface area contributed by atoms with Gasteiger partial charge >= 0.3 is 0 Å². The van der Waals surface area contributed by atoms with Gasteiger partial charge in [-0.05, 0) is 121 Å². The van der Waals surface area contributed by atoms with Crippen molar-refractivity contribution in [1.82, 2.24) is 15.5 Å². The number of fused-ring (bicyclic) bond motifs is 3. The highest BCUT2D eigenvalue weighted by Gasteiger charge is 2.46. The van der Waals surface area contributed by atoms with Crippen LogP contribution < -0.4 is 20.3 Å². The fourth-order valence-corrected chi connectivity index (χ4v) is 10.6. The third-order valence-electron chi connectivity index (χ3n) is 14.4. The zero-order chi connectivity index (χ0) is 49.5. The van der Waals surface area contributed by atoms with Crippen molar-refractivity contribution in [3.8, 4) is 11.5 Å². The fourth-order valence-electron chi connectivity index (χ4n) is 10.1. The van der Waals surface area contributed by atoms with E-state index in [4.69, 9.17) is 4.74 Å². The maximum atomic E-state index is 13.8. The molecule has 4 aliphatic rings. The van der Waals surface area contributed by atoms with Crippen LogP contribution in [0.2, 0.25) is 0 Å². The second-order valence-corrected chi connectivity index (χ2v) is 21.2. The lowest BCUT2D eigenvalue weighted by atomic mass is 9.81. The highest BCUT2D eigenvalue weighted by Crippen LogP contribution is 2.49. The molecule has 0 spiro atoms. The van der Waals surface area contributed by atoms with Gasteiger partial charge in [0.2, 0.25) is 11.6 Å². The third kappa shape index (κ3) is 9.64. The third-order valence-corrected chi connectivity index (χ3v) is 15.3. The quantitative estimate of drug-likeness (QED) is 0.0461. The van der Waals surface area contributed by atoms with Crippen LogP contribution in [0.25, 0.3) is 0 Å². The lowest BCUT2D eigenvalue weighted by Crippen LogP contribution is -2.51. The predicted octanol–water partition coefficient (Wildman–Crippen LogP) is 7.38. The zero-order valence-electron chi connectivity index (χ0n) is 40.8. The average Bonchev–Trinajstić information content (AvgIpc) is 3.80. The number of benzene rings is 3. The molecule has 1 atom stereocenters. The first-order valence-electron chi connectivity index (χ1n) is 23.6. The summed E-state index contributed by atoms with van der Waals surface area (Å²) in [6.45, 7) is 20.1. The number of hydrogen-bond acceptors (Lipinski definition) is 9. The number of hydrogen-bond donors (Lipinski definition) is 4. The molecular weight excluding hydrogens is 883 g/mol. The Morgan fingerprint density at radius 1 is 0.824 bits per heavy atom. The van der Waals surface area contributed by atoms with E-state index < -0.39 is 21.1 Å². The number of carbonyl (C=O) groups is 4. The van der Waals surface area contributed by atoms with Crippen molar-refractivity contribution in [2.24, 2.45) is 0 Å². The number of anilines is 1. The van der Waals surface area contributed by atoms with Crippen LogP contribution in [0.1, 0.15) is 112 Å². The Hall–Kier alpha value is -6.06. The van der Waals surface area contributed by atoms with Crippen LogP contribution in [0.4, 0.5) is 11.4 Å². The summed E-state index contributed by atoms with van der Waals surface area (Å²) in [5, 5.41) is 16.6. The van der Waals surface area contributed by atoms with Crippen molar-refractivity contribution in [2.45, 2.75) is 129 Å². The maximum Gasteiger partial charge on any atom is 0.294 e. The minimum Gasteiger partial charge on any atom is -0.507 e. The lowest BCUT2D eigenvalue weighted by Gasteiger charge is -2.36. The number of nitrogens with zero attached hydrogens (tertiary/aromatic N) is 3. The number of nitrogens with one attached hydrogen (secondary N) is 2. The van der Waals surface area contributed by atoms with Gasteiger partial charge in [-0.15, -0.1) is 0 Å². The van der Waals surface area contributed by atoms with E-state index in [-0.39, 0.29) is 52.8 Å². The molecule has 362 valence electrons. The normalized spacial score (nSPS) is 19.8. The summed E-state index contributed by atoms with van der Waals surface area (Å²) in [6.07, 6.45) is 12.9. The molecule has 3 aromatic rings. The van der Waals surface area contributed by atoms with E-state index in [2.05, 4.69) is 77.3 Å². The van der Waals surface area contributed by atoms with Crippen molar-refractivity contribution < 1.29 is 46.6 Å². The summed E-state index contributed by atoms with van der Waals surface area (Å²) in [6, 6.07) is 11.2. The average molecular weight is 949 g/mol. The Kier molecular flexibility index (Phi) is 14.0. The minimum atomic E-state index is -4.45. The molecule has 15 heteroatoms. The van der Waals surface area contributed by atoms with Gasteiger partial charge in [0.15, 0.2) is 11.3 Å². The van der Waals surface area contributed by atoms with Crippen molar-refractivity contribution in [1.29, 1.82) is 0 Å². The van der Waals surface area contributed by atoms with Gasteiger partial charge in [0.1, 0.15) is 18.0 Å². The Morgan fingerprint density at radius 2 is 1.54 bits per heavy atom. The molecule has 4 aliphatic heterocycles. The topological polar surface area (TPSA) is 186 Å².